The predicted octanol–water partition coefficient (Wildman–Crippen LogP) is 7.43. The third kappa shape index (κ3) is 8.79. The highest BCUT2D eigenvalue weighted by molar-refractivity contribution is 9.09. The average molecular weight is 339 g/mol. The van der Waals surface area contributed by atoms with E-state index in [0.29, 0.717) is 4.83 Å². The molecule has 1 unspecified atom stereocenters. The van der Waals surface area contributed by atoms with Gasteiger partial charge in [0.15, 0.2) is 0 Å². The summed E-state index contributed by atoms with van der Waals surface area (Å²) in [5, 5.41) is 0. The van der Waals surface area contributed by atoms with E-state index in [-0.39, 0.29) is 0 Å². The Morgan fingerprint density at radius 2 is 1.25 bits per heavy atom. The second-order valence-corrected chi connectivity index (χ2v) is 6.95. The molecule has 0 heterocycles. The van der Waals surface area contributed by atoms with Gasteiger partial charge in [0, 0.05) is 4.83 Å². The molecule has 0 bridgehead atoms. The smallest absolute Gasteiger partial charge is 0.0395 e. The highest BCUT2D eigenvalue weighted by Crippen LogP contribution is 2.28. The second kappa shape index (κ2) is 12.4. The zero-order valence-electron chi connectivity index (χ0n) is 13.1. The fraction of sp³-hybridized carbons (Fsp3) is 0.684. The molecule has 0 spiro atoms. The monoisotopic (exact) mass is 338 g/mol. The first-order valence-electron chi connectivity index (χ1n) is 8.53. The van der Waals surface area contributed by atoms with Crippen LogP contribution < -0.4 is 0 Å². The summed E-state index contributed by atoms with van der Waals surface area (Å²) in [7, 11) is 0. The zero-order chi connectivity index (χ0) is 14.5. The van der Waals surface area contributed by atoms with Gasteiger partial charge in [-0.15, -0.1) is 0 Å². The van der Waals surface area contributed by atoms with Crippen LogP contribution in [0.2, 0.25) is 0 Å². The summed E-state index contributed by atoms with van der Waals surface area (Å²) in [5.74, 6) is 0. The molecular weight excluding hydrogens is 308 g/mol. The highest BCUT2D eigenvalue weighted by Gasteiger charge is 2.05. The van der Waals surface area contributed by atoms with E-state index in [1.165, 1.54) is 76.2 Å². The molecule has 0 N–H and O–H groups in total. The fourth-order valence-electron chi connectivity index (χ4n) is 2.64. The molecule has 114 valence electrons. The maximum Gasteiger partial charge on any atom is 0.0395 e. The molecule has 1 aromatic carbocycles. The lowest BCUT2D eigenvalue weighted by molar-refractivity contribution is 0.549. The molecule has 1 heteroatoms. The minimum Gasteiger partial charge on any atom is -0.0839 e. The number of hydrogen-bond donors (Lipinski definition) is 0. The molecule has 0 nitrogen and oxygen atoms in total. The van der Waals surface area contributed by atoms with E-state index in [1.54, 1.807) is 0 Å². The van der Waals surface area contributed by atoms with E-state index in [2.05, 4.69) is 53.2 Å². The summed E-state index contributed by atoms with van der Waals surface area (Å²) < 4.78 is 0. The van der Waals surface area contributed by atoms with Gasteiger partial charge in [0.05, 0.1) is 0 Å². The van der Waals surface area contributed by atoms with Crippen molar-refractivity contribution in [1.29, 1.82) is 0 Å². The van der Waals surface area contributed by atoms with Crippen LogP contribution >= 0.6 is 15.9 Å². The van der Waals surface area contributed by atoms with Gasteiger partial charge >= 0.3 is 0 Å². The molecule has 0 aliphatic carbocycles. The Hall–Kier alpha value is -0.300. The minimum atomic E-state index is 0.540. The molecule has 0 aliphatic rings. The number of rotatable bonds is 12. The Labute approximate surface area is 134 Å². The van der Waals surface area contributed by atoms with Crippen LogP contribution in [0, 0.1) is 0 Å². The van der Waals surface area contributed by atoms with Crippen molar-refractivity contribution in [2.24, 2.45) is 0 Å². The van der Waals surface area contributed by atoms with Crippen molar-refractivity contribution in [1.82, 2.24) is 0 Å². The summed E-state index contributed by atoms with van der Waals surface area (Å²) >= 11 is 3.80. The number of alkyl halides is 1. The van der Waals surface area contributed by atoms with Gasteiger partial charge < -0.3 is 0 Å². The van der Waals surface area contributed by atoms with Crippen LogP contribution in [0.15, 0.2) is 30.3 Å². The zero-order valence-corrected chi connectivity index (χ0v) is 14.7. The van der Waals surface area contributed by atoms with Crippen LogP contribution in [0.4, 0.5) is 0 Å². The first kappa shape index (κ1) is 17.8. The first-order chi connectivity index (χ1) is 9.84. The van der Waals surface area contributed by atoms with Gasteiger partial charge in [-0.1, -0.05) is 117 Å². The Balaban J connectivity index is 1.90. The second-order valence-electron chi connectivity index (χ2n) is 5.85. The maximum atomic E-state index is 3.80. The quantitative estimate of drug-likeness (QED) is 0.274. The van der Waals surface area contributed by atoms with Gasteiger partial charge in [-0.2, -0.15) is 0 Å². The lowest BCUT2D eigenvalue weighted by Crippen LogP contribution is -1.90. The topological polar surface area (TPSA) is 0 Å². The van der Waals surface area contributed by atoms with E-state index in [0.717, 1.165) is 0 Å². The molecule has 1 aromatic rings. The van der Waals surface area contributed by atoms with Crippen molar-refractivity contribution in [3.8, 4) is 0 Å². The molecule has 0 saturated heterocycles. The van der Waals surface area contributed by atoms with Crippen LogP contribution in [0.1, 0.15) is 87.9 Å². The van der Waals surface area contributed by atoms with Crippen LogP contribution in [-0.4, -0.2) is 0 Å². The van der Waals surface area contributed by atoms with Crippen molar-refractivity contribution >= 4 is 15.9 Å². The lowest BCUT2D eigenvalue weighted by atomic mass is 10.0. The summed E-state index contributed by atoms with van der Waals surface area (Å²) in [4.78, 5) is 0.540. The summed E-state index contributed by atoms with van der Waals surface area (Å²) in [5.41, 5.74) is 1.42. The predicted molar refractivity (Wildman–Crippen MR) is 94.6 cm³/mol. The number of hydrogen-bond acceptors (Lipinski definition) is 0. The summed E-state index contributed by atoms with van der Waals surface area (Å²) in [6.45, 7) is 2.28. The van der Waals surface area contributed by atoms with Crippen molar-refractivity contribution in [2.75, 3.05) is 0 Å². The van der Waals surface area contributed by atoms with Crippen LogP contribution in [0.5, 0.6) is 0 Å². The van der Waals surface area contributed by atoms with Gasteiger partial charge in [0.1, 0.15) is 0 Å². The summed E-state index contributed by atoms with van der Waals surface area (Å²) in [6.07, 6.45) is 15.4. The van der Waals surface area contributed by atoms with E-state index in [9.17, 15) is 0 Å². The standard InChI is InChI=1S/C19H31Br/c1-2-3-4-5-6-7-8-9-10-14-17-19(20)18-15-12-11-13-16-18/h11-13,15-16,19H,2-10,14,17H2,1H3. The molecule has 0 aromatic heterocycles. The summed E-state index contributed by atoms with van der Waals surface area (Å²) in [6, 6.07) is 10.8. The minimum absolute atomic E-state index is 0.540. The van der Waals surface area contributed by atoms with E-state index >= 15 is 0 Å². The third-order valence-electron chi connectivity index (χ3n) is 3.97. The largest absolute Gasteiger partial charge is 0.0839 e. The van der Waals surface area contributed by atoms with Gasteiger partial charge in [-0.05, 0) is 12.0 Å². The van der Waals surface area contributed by atoms with Crippen molar-refractivity contribution in [3.63, 3.8) is 0 Å². The Morgan fingerprint density at radius 1 is 0.750 bits per heavy atom. The van der Waals surface area contributed by atoms with Crippen molar-refractivity contribution in [2.45, 2.75) is 82.4 Å². The number of benzene rings is 1. The first-order valence-corrected chi connectivity index (χ1v) is 9.45. The molecule has 1 atom stereocenters. The lowest BCUT2D eigenvalue weighted by Gasteiger charge is -2.09. The molecular formula is C19H31Br. The van der Waals surface area contributed by atoms with Crippen LogP contribution in [-0.2, 0) is 0 Å². The number of unbranched alkanes of at least 4 members (excludes halogenated alkanes) is 9. The van der Waals surface area contributed by atoms with Gasteiger partial charge in [-0.25, -0.2) is 0 Å². The fourth-order valence-corrected chi connectivity index (χ4v) is 3.27. The molecule has 0 radical (unpaired) electrons. The van der Waals surface area contributed by atoms with E-state index in [4.69, 9.17) is 0 Å². The Bertz CT molecular complexity index is 307. The van der Waals surface area contributed by atoms with Gasteiger partial charge in [0.25, 0.3) is 0 Å². The Kier molecular flexibility index (Phi) is 11.0. The van der Waals surface area contributed by atoms with Gasteiger partial charge in [-0.3, -0.25) is 0 Å². The Morgan fingerprint density at radius 3 is 1.80 bits per heavy atom. The molecule has 20 heavy (non-hydrogen) atoms. The van der Waals surface area contributed by atoms with Crippen molar-refractivity contribution < 1.29 is 0 Å². The third-order valence-corrected chi connectivity index (χ3v) is 4.96. The van der Waals surface area contributed by atoms with Crippen molar-refractivity contribution in [3.05, 3.63) is 35.9 Å². The molecule has 0 fully saturated rings. The highest BCUT2D eigenvalue weighted by atomic mass is 79.9. The average Bonchev–Trinajstić information content (AvgIpc) is 2.50. The van der Waals surface area contributed by atoms with Crippen LogP contribution in [0.25, 0.3) is 0 Å². The van der Waals surface area contributed by atoms with E-state index < -0.39 is 0 Å². The normalized spacial score (nSPS) is 12.5. The molecule has 0 saturated carbocycles. The molecule has 0 aliphatic heterocycles. The molecule has 1 rings (SSSR count). The molecule has 0 amide bonds. The maximum absolute atomic E-state index is 3.80. The van der Waals surface area contributed by atoms with Gasteiger partial charge in [0.2, 0.25) is 0 Å². The van der Waals surface area contributed by atoms with E-state index in [1.807, 2.05) is 0 Å². The SMILES string of the molecule is CCCCCCCCCCCCC(Br)c1ccccc1. The number of halogens is 1. The van der Waals surface area contributed by atoms with Crippen LogP contribution in [0.3, 0.4) is 0 Å².